The fourth-order valence-corrected chi connectivity index (χ4v) is 3.15. The van der Waals surface area contributed by atoms with E-state index in [0.717, 1.165) is 25.9 Å². The molecule has 1 spiro atoms. The lowest BCUT2D eigenvalue weighted by molar-refractivity contribution is -0.124. The van der Waals surface area contributed by atoms with Crippen molar-refractivity contribution in [2.24, 2.45) is 17.3 Å². The topological polar surface area (TPSA) is 29.1 Å². The minimum absolute atomic E-state index is 0.300. The van der Waals surface area contributed by atoms with E-state index in [1.54, 1.807) is 0 Å². The van der Waals surface area contributed by atoms with Crippen LogP contribution in [0.25, 0.3) is 0 Å². The molecule has 0 amide bonds. The van der Waals surface area contributed by atoms with Gasteiger partial charge in [0.1, 0.15) is 5.78 Å². The van der Waals surface area contributed by atoms with Gasteiger partial charge in [0, 0.05) is 11.8 Å². The largest absolute Gasteiger partial charge is 0.317 e. The molecule has 1 aliphatic carbocycles. The number of hydrogen-bond acceptors (Lipinski definition) is 2. The van der Waals surface area contributed by atoms with E-state index < -0.39 is 0 Å². The van der Waals surface area contributed by atoms with Gasteiger partial charge in [0.2, 0.25) is 0 Å². The highest BCUT2D eigenvalue weighted by atomic mass is 16.1. The van der Waals surface area contributed by atoms with Gasteiger partial charge in [-0.25, -0.2) is 0 Å². The summed E-state index contributed by atoms with van der Waals surface area (Å²) < 4.78 is 0. The molecule has 1 heterocycles. The molecular weight excluding hydrogens is 186 g/mol. The van der Waals surface area contributed by atoms with Gasteiger partial charge in [0.05, 0.1) is 0 Å². The molecule has 2 unspecified atom stereocenters. The van der Waals surface area contributed by atoms with Crippen molar-refractivity contribution >= 4 is 5.78 Å². The maximum Gasteiger partial charge on any atom is 0.139 e. The molecule has 2 atom stereocenters. The van der Waals surface area contributed by atoms with Crippen molar-refractivity contribution in [3.63, 3.8) is 0 Å². The molecule has 2 rings (SSSR count). The Balaban J connectivity index is 1.88. The zero-order chi connectivity index (χ0) is 10.9. The summed E-state index contributed by atoms with van der Waals surface area (Å²) in [7, 11) is 0. The van der Waals surface area contributed by atoms with Gasteiger partial charge in [-0.1, -0.05) is 20.3 Å². The molecule has 2 aliphatic rings. The first-order chi connectivity index (χ1) is 7.19. The van der Waals surface area contributed by atoms with Crippen molar-refractivity contribution < 1.29 is 4.79 Å². The molecule has 0 aromatic rings. The molecular formula is C13H23NO. The molecule has 1 aliphatic heterocycles. The number of nitrogens with one attached hydrogen (secondary N) is 1. The standard InChI is InChI=1S/C13H23NO/c1-3-4-10(2)12(15)11-9-13(11)5-7-14-8-6-13/h10-11,14H,3-9H2,1-2H3. The van der Waals surface area contributed by atoms with Gasteiger partial charge in [-0.3, -0.25) is 4.79 Å². The second-order valence-electron chi connectivity index (χ2n) is 5.46. The van der Waals surface area contributed by atoms with Crippen LogP contribution in [0.4, 0.5) is 0 Å². The summed E-state index contributed by atoms with van der Waals surface area (Å²) in [5.74, 6) is 1.27. The highest BCUT2D eigenvalue weighted by molar-refractivity contribution is 5.86. The number of carbonyl (C=O) groups is 1. The van der Waals surface area contributed by atoms with E-state index in [0.29, 0.717) is 23.0 Å². The van der Waals surface area contributed by atoms with Crippen LogP contribution in [0, 0.1) is 17.3 Å². The highest BCUT2D eigenvalue weighted by Gasteiger charge is 2.57. The van der Waals surface area contributed by atoms with Crippen LogP contribution in [-0.4, -0.2) is 18.9 Å². The second-order valence-corrected chi connectivity index (χ2v) is 5.46. The van der Waals surface area contributed by atoms with Crippen molar-refractivity contribution in [2.75, 3.05) is 13.1 Å². The van der Waals surface area contributed by atoms with Crippen LogP contribution in [0.2, 0.25) is 0 Å². The first kappa shape index (κ1) is 11.1. The number of carbonyl (C=O) groups excluding carboxylic acids is 1. The molecule has 0 aromatic heterocycles. The first-order valence-corrected chi connectivity index (χ1v) is 6.44. The summed E-state index contributed by atoms with van der Waals surface area (Å²) in [5, 5.41) is 3.38. The molecule has 0 aromatic carbocycles. The quantitative estimate of drug-likeness (QED) is 0.770. The molecule has 1 N–H and O–H groups in total. The Kier molecular flexibility index (Phi) is 3.15. The molecule has 86 valence electrons. The van der Waals surface area contributed by atoms with Crippen molar-refractivity contribution in [3.8, 4) is 0 Å². The predicted octanol–water partition coefficient (Wildman–Crippen LogP) is 2.38. The zero-order valence-electron chi connectivity index (χ0n) is 10.0. The number of piperidine rings is 1. The summed E-state index contributed by atoms with van der Waals surface area (Å²) >= 11 is 0. The van der Waals surface area contributed by atoms with Crippen LogP contribution in [0.5, 0.6) is 0 Å². The Morgan fingerprint density at radius 1 is 1.47 bits per heavy atom. The zero-order valence-corrected chi connectivity index (χ0v) is 10.0. The van der Waals surface area contributed by atoms with E-state index >= 15 is 0 Å². The van der Waals surface area contributed by atoms with Crippen LogP contribution in [0.3, 0.4) is 0 Å². The minimum Gasteiger partial charge on any atom is -0.317 e. The van der Waals surface area contributed by atoms with Crippen molar-refractivity contribution in [1.29, 1.82) is 0 Å². The smallest absolute Gasteiger partial charge is 0.139 e. The predicted molar refractivity (Wildman–Crippen MR) is 61.7 cm³/mol. The van der Waals surface area contributed by atoms with E-state index in [9.17, 15) is 4.79 Å². The lowest BCUT2D eigenvalue weighted by atomic mass is 9.87. The van der Waals surface area contributed by atoms with Gasteiger partial charge in [0.25, 0.3) is 0 Å². The molecule has 2 heteroatoms. The first-order valence-electron chi connectivity index (χ1n) is 6.44. The Labute approximate surface area is 92.8 Å². The van der Waals surface area contributed by atoms with Crippen molar-refractivity contribution in [2.45, 2.75) is 46.0 Å². The van der Waals surface area contributed by atoms with Gasteiger partial charge in [-0.2, -0.15) is 0 Å². The van der Waals surface area contributed by atoms with Gasteiger partial charge >= 0.3 is 0 Å². The highest BCUT2D eigenvalue weighted by Crippen LogP contribution is 2.59. The van der Waals surface area contributed by atoms with Crippen LogP contribution < -0.4 is 5.32 Å². The van der Waals surface area contributed by atoms with Gasteiger partial charge in [-0.15, -0.1) is 0 Å². The number of rotatable bonds is 4. The molecule has 0 radical (unpaired) electrons. The Bertz CT molecular complexity index is 243. The molecule has 1 saturated carbocycles. The second kappa shape index (κ2) is 4.25. The maximum absolute atomic E-state index is 12.1. The van der Waals surface area contributed by atoms with Gasteiger partial charge in [-0.05, 0) is 44.2 Å². The van der Waals surface area contributed by atoms with Crippen LogP contribution >= 0.6 is 0 Å². The average molecular weight is 209 g/mol. The summed E-state index contributed by atoms with van der Waals surface area (Å²) in [6.07, 6.45) is 5.84. The van der Waals surface area contributed by atoms with E-state index in [-0.39, 0.29) is 0 Å². The average Bonchev–Trinajstić information content (AvgIpc) is 2.92. The number of hydrogen-bond donors (Lipinski definition) is 1. The van der Waals surface area contributed by atoms with E-state index in [1.807, 2.05) is 0 Å². The van der Waals surface area contributed by atoms with Gasteiger partial charge < -0.3 is 5.32 Å². The molecule has 2 fully saturated rings. The van der Waals surface area contributed by atoms with E-state index in [1.165, 1.54) is 19.3 Å². The lowest BCUT2D eigenvalue weighted by Gasteiger charge is -2.23. The maximum atomic E-state index is 12.1. The number of ketones is 1. The summed E-state index contributed by atoms with van der Waals surface area (Å²) in [6.45, 7) is 6.51. The minimum atomic E-state index is 0.300. The van der Waals surface area contributed by atoms with Crippen LogP contribution in [-0.2, 0) is 4.79 Å². The summed E-state index contributed by atoms with van der Waals surface area (Å²) in [5.41, 5.74) is 0.435. The molecule has 15 heavy (non-hydrogen) atoms. The fourth-order valence-electron chi connectivity index (χ4n) is 3.15. The third kappa shape index (κ3) is 2.10. The monoisotopic (exact) mass is 209 g/mol. The molecule has 2 nitrogen and oxygen atoms in total. The Hall–Kier alpha value is -0.370. The lowest BCUT2D eigenvalue weighted by Crippen LogP contribution is -2.31. The Morgan fingerprint density at radius 3 is 2.73 bits per heavy atom. The molecule has 0 bridgehead atoms. The molecule has 1 saturated heterocycles. The van der Waals surface area contributed by atoms with Gasteiger partial charge in [0.15, 0.2) is 0 Å². The van der Waals surface area contributed by atoms with E-state index in [4.69, 9.17) is 0 Å². The van der Waals surface area contributed by atoms with Crippen LogP contribution in [0.1, 0.15) is 46.0 Å². The SMILES string of the molecule is CCCC(C)C(=O)C1CC12CCNCC2. The van der Waals surface area contributed by atoms with Crippen molar-refractivity contribution in [3.05, 3.63) is 0 Å². The third-order valence-corrected chi connectivity index (χ3v) is 4.34. The van der Waals surface area contributed by atoms with Crippen LogP contribution in [0.15, 0.2) is 0 Å². The number of Topliss-reactive ketones (excluding diaryl/α,β-unsaturated/α-hetero) is 1. The summed E-state index contributed by atoms with van der Waals surface area (Å²) in [6, 6.07) is 0. The normalized spacial score (nSPS) is 30.1. The third-order valence-electron chi connectivity index (χ3n) is 4.34. The fraction of sp³-hybridized carbons (Fsp3) is 0.923. The summed E-state index contributed by atoms with van der Waals surface area (Å²) in [4.78, 5) is 12.1. The van der Waals surface area contributed by atoms with E-state index in [2.05, 4.69) is 19.2 Å². The van der Waals surface area contributed by atoms with Crippen molar-refractivity contribution in [1.82, 2.24) is 5.32 Å². The Morgan fingerprint density at radius 2 is 2.13 bits per heavy atom.